The molecule has 1 aliphatic rings. The van der Waals surface area contributed by atoms with Crippen LogP contribution in [0.25, 0.3) is 0 Å². The fourth-order valence-corrected chi connectivity index (χ4v) is 3.88. The Kier molecular flexibility index (Phi) is 2.80. The van der Waals surface area contributed by atoms with E-state index in [2.05, 4.69) is 41.9 Å². The SMILES string of the molecule is CCc1ccc(C(Br)C2CC2C)s1. The Hall–Kier alpha value is 0.180. The Balaban J connectivity index is 2.07. The van der Waals surface area contributed by atoms with Crippen LogP contribution in [0.5, 0.6) is 0 Å². The third kappa shape index (κ3) is 1.99. The van der Waals surface area contributed by atoms with E-state index < -0.39 is 0 Å². The normalized spacial score (nSPS) is 28.8. The Morgan fingerprint density at radius 1 is 1.62 bits per heavy atom. The van der Waals surface area contributed by atoms with Gasteiger partial charge in [0.25, 0.3) is 0 Å². The molecule has 3 unspecified atom stereocenters. The minimum absolute atomic E-state index is 0.618. The first kappa shape index (κ1) is 9.72. The van der Waals surface area contributed by atoms with Gasteiger partial charge in [-0.15, -0.1) is 11.3 Å². The van der Waals surface area contributed by atoms with Crippen LogP contribution < -0.4 is 0 Å². The van der Waals surface area contributed by atoms with Crippen molar-refractivity contribution >= 4 is 27.3 Å². The van der Waals surface area contributed by atoms with Crippen molar-refractivity contribution in [3.05, 3.63) is 21.9 Å². The van der Waals surface area contributed by atoms with Gasteiger partial charge in [-0.1, -0.05) is 29.8 Å². The lowest BCUT2D eigenvalue weighted by atomic mass is 10.2. The van der Waals surface area contributed by atoms with Crippen molar-refractivity contribution in [3.8, 4) is 0 Å². The van der Waals surface area contributed by atoms with Crippen LogP contribution in [-0.4, -0.2) is 0 Å². The summed E-state index contributed by atoms with van der Waals surface area (Å²) in [6.07, 6.45) is 2.57. The summed E-state index contributed by atoms with van der Waals surface area (Å²) in [4.78, 5) is 3.65. The Morgan fingerprint density at radius 2 is 2.31 bits per heavy atom. The van der Waals surface area contributed by atoms with Gasteiger partial charge in [0.1, 0.15) is 0 Å². The first-order chi connectivity index (χ1) is 6.22. The van der Waals surface area contributed by atoms with E-state index in [0.29, 0.717) is 4.83 Å². The minimum Gasteiger partial charge on any atom is -0.144 e. The van der Waals surface area contributed by atoms with E-state index in [-0.39, 0.29) is 0 Å². The highest BCUT2D eigenvalue weighted by Crippen LogP contribution is 2.52. The zero-order valence-electron chi connectivity index (χ0n) is 8.09. The number of hydrogen-bond acceptors (Lipinski definition) is 1. The largest absolute Gasteiger partial charge is 0.144 e. The molecule has 0 N–H and O–H groups in total. The maximum Gasteiger partial charge on any atom is 0.0520 e. The van der Waals surface area contributed by atoms with E-state index in [4.69, 9.17) is 0 Å². The average Bonchev–Trinajstić information content (AvgIpc) is 2.70. The van der Waals surface area contributed by atoms with Crippen molar-refractivity contribution in [2.24, 2.45) is 11.8 Å². The van der Waals surface area contributed by atoms with Crippen LogP contribution in [0.15, 0.2) is 12.1 Å². The van der Waals surface area contributed by atoms with Gasteiger partial charge in [-0.25, -0.2) is 0 Å². The molecule has 2 heteroatoms. The van der Waals surface area contributed by atoms with Crippen LogP contribution in [0.4, 0.5) is 0 Å². The van der Waals surface area contributed by atoms with Crippen LogP contribution in [-0.2, 0) is 6.42 Å². The molecular weight excluding hydrogens is 244 g/mol. The van der Waals surface area contributed by atoms with Gasteiger partial charge >= 0.3 is 0 Å². The van der Waals surface area contributed by atoms with Gasteiger partial charge in [0.15, 0.2) is 0 Å². The maximum absolute atomic E-state index is 3.81. The summed E-state index contributed by atoms with van der Waals surface area (Å²) >= 11 is 5.77. The van der Waals surface area contributed by atoms with Gasteiger partial charge in [-0.05, 0) is 36.8 Å². The lowest BCUT2D eigenvalue weighted by Crippen LogP contribution is -1.89. The zero-order valence-corrected chi connectivity index (χ0v) is 10.5. The zero-order chi connectivity index (χ0) is 9.42. The molecule has 13 heavy (non-hydrogen) atoms. The molecule has 72 valence electrons. The first-order valence-corrected chi connectivity index (χ1v) is 6.68. The Morgan fingerprint density at radius 3 is 2.77 bits per heavy atom. The molecule has 0 bridgehead atoms. The minimum atomic E-state index is 0.618. The predicted octanol–water partition coefficient (Wildman–Crippen LogP) is 4.40. The molecular formula is C11H15BrS. The third-order valence-electron chi connectivity index (χ3n) is 2.85. The number of halogens is 1. The second-order valence-electron chi connectivity index (χ2n) is 3.94. The Bertz CT molecular complexity index is 292. The molecule has 1 aromatic rings. The monoisotopic (exact) mass is 258 g/mol. The van der Waals surface area contributed by atoms with E-state index in [9.17, 15) is 0 Å². The summed E-state index contributed by atoms with van der Waals surface area (Å²) in [5, 5.41) is 0. The van der Waals surface area contributed by atoms with Crippen LogP contribution in [0.3, 0.4) is 0 Å². The van der Waals surface area contributed by atoms with Crippen molar-refractivity contribution in [1.82, 2.24) is 0 Å². The van der Waals surface area contributed by atoms with Crippen molar-refractivity contribution in [3.63, 3.8) is 0 Å². The summed E-state index contributed by atoms with van der Waals surface area (Å²) in [6, 6.07) is 4.55. The lowest BCUT2D eigenvalue weighted by Gasteiger charge is -2.04. The molecule has 1 fully saturated rings. The summed E-state index contributed by atoms with van der Waals surface area (Å²) in [5.74, 6) is 1.82. The van der Waals surface area contributed by atoms with E-state index in [0.717, 1.165) is 11.8 Å². The van der Waals surface area contributed by atoms with Crippen molar-refractivity contribution < 1.29 is 0 Å². The quantitative estimate of drug-likeness (QED) is 0.706. The molecule has 3 atom stereocenters. The molecule has 0 amide bonds. The molecule has 0 aromatic carbocycles. The van der Waals surface area contributed by atoms with Crippen LogP contribution in [0.1, 0.15) is 34.8 Å². The fourth-order valence-electron chi connectivity index (χ4n) is 1.70. The summed E-state index contributed by atoms with van der Waals surface area (Å²) in [7, 11) is 0. The molecule has 0 spiro atoms. The van der Waals surface area contributed by atoms with Gasteiger partial charge in [-0.2, -0.15) is 0 Å². The second-order valence-corrected chi connectivity index (χ2v) is 6.12. The van der Waals surface area contributed by atoms with Crippen molar-refractivity contribution in [2.45, 2.75) is 31.5 Å². The van der Waals surface area contributed by atoms with Crippen LogP contribution in [0, 0.1) is 11.8 Å². The number of aryl methyl sites for hydroxylation is 1. The van der Waals surface area contributed by atoms with E-state index >= 15 is 0 Å². The number of alkyl halides is 1. The molecule has 0 nitrogen and oxygen atoms in total. The fraction of sp³-hybridized carbons (Fsp3) is 0.636. The number of hydrogen-bond donors (Lipinski definition) is 0. The predicted molar refractivity (Wildman–Crippen MR) is 62.6 cm³/mol. The van der Waals surface area contributed by atoms with E-state index in [1.165, 1.54) is 22.6 Å². The van der Waals surface area contributed by atoms with Crippen molar-refractivity contribution in [1.29, 1.82) is 0 Å². The maximum atomic E-state index is 3.81. The molecule has 0 aliphatic heterocycles. The van der Waals surface area contributed by atoms with Gasteiger partial charge in [-0.3, -0.25) is 0 Å². The molecule has 1 heterocycles. The highest BCUT2D eigenvalue weighted by molar-refractivity contribution is 9.09. The molecule has 0 saturated heterocycles. The standard InChI is InChI=1S/C11H15BrS/c1-3-8-4-5-10(13-8)11(12)9-6-7(9)2/h4-5,7,9,11H,3,6H2,1-2H3. The van der Waals surface area contributed by atoms with Crippen LogP contribution >= 0.6 is 27.3 Å². The Labute approximate surface area is 92.5 Å². The average molecular weight is 259 g/mol. The molecule has 2 rings (SSSR count). The molecule has 1 aliphatic carbocycles. The number of thiophene rings is 1. The van der Waals surface area contributed by atoms with Gasteiger partial charge < -0.3 is 0 Å². The third-order valence-corrected chi connectivity index (χ3v) is 5.64. The van der Waals surface area contributed by atoms with E-state index in [1.807, 2.05) is 11.3 Å². The summed E-state index contributed by atoms with van der Waals surface area (Å²) in [6.45, 7) is 4.56. The van der Waals surface area contributed by atoms with Crippen LogP contribution in [0.2, 0.25) is 0 Å². The lowest BCUT2D eigenvalue weighted by molar-refractivity contribution is 0.749. The van der Waals surface area contributed by atoms with Gasteiger partial charge in [0.2, 0.25) is 0 Å². The van der Waals surface area contributed by atoms with Crippen molar-refractivity contribution in [2.75, 3.05) is 0 Å². The topological polar surface area (TPSA) is 0 Å². The molecule has 1 saturated carbocycles. The second kappa shape index (κ2) is 3.74. The molecule has 0 radical (unpaired) electrons. The smallest absolute Gasteiger partial charge is 0.0520 e. The summed E-state index contributed by atoms with van der Waals surface area (Å²) in [5.41, 5.74) is 0. The summed E-state index contributed by atoms with van der Waals surface area (Å²) < 4.78 is 0. The molecule has 1 aromatic heterocycles. The first-order valence-electron chi connectivity index (χ1n) is 4.95. The van der Waals surface area contributed by atoms with E-state index in [1.54, 1.807) is 0 Å². The van der Waals surface area contributed by atoms with Gasteiger partial charge in [0.05, 0.1) is 4.83 Å². The highest BCUT2D eigenvalue weighted by atomic mass is 79.9. The van der Waals surface area contributed by atoms with Gasteiger partial charge in [0, 0.05) is 9.75 Å². The highest BCUT2D eigenvalue weighted by Gasteiger charge is 2.39. The number of rotatable bonds is 3.